The Morgan fingerprint density at radius 3 is 0.758 bits per heavy atom. The van der Waals surface area contributed by atoms with Gasteiger partial charge in [-0.1, -0.05) is 0 Å². The first-order valence-electron chi connectivity index (χ1n) is 7.10. The molecule has 0 bridgehead atoms. The van der Waals surface area contributed by atoms with Crippen LogP contribution in [0.15, 0.2) is 0 Å². The minimum Gasteiger partial charge on any atom is -0.549 e. The maximum Gasteiger partial charge on any atom is 1.00 e. The summed E-state index contributed by atoms with van der Waals surface area (Å²) < 4.78 is 30.1. The van der Waals surface area contributed by atoms with Crippen LogP contribution < -0.4 is 120 Å². The van der Waals surface area contributed by atoms with Crippen LogP contribution in [-0.2, 0) is 28.1 Å². The second-order valence-corrected chi connectivity index (χ2v) is 9.80. The van der Waals surface area contributed by atoms with Crippen LogP contribution in [0.4, 0.5) is 0 Å². The number of carboxylic acid groups (broad SMARTS) is 3. The van der Waals surface area contributed by atoms with Gasteiger partial charge in [-0.05, 0) is 0 Å². The summed E-state index contributed by atoms with van der Waals surface area (Å²) in [5, 5.41) is 35.0. The predicted molar refractivity (Wildman–Crippen MR) is 89.8 cm³/mol. The normalized spacial score (nSPS) is 10.4. The van der Waals surface area contributed by atoms with Crippen LogP contribution in [0.1, 0.15) is 0 Å². The second kappa shape index (κ2) is 25.4. The molecule has 18 nitrogen and oxygen atoms in total. The molecule has 24 heteroatoms. The van der Waals surface area contributed by atoms with E-state index in [2.05, 4.69) is 0 Å². The van der Waals surface area contributed by atoms with E-state index in [1.54, 1.807) is 0 Å². The molecule has 0 rings (SSSR count). The molecule has 0 aliphatic heterocycles. The summed E-state index contributed by atoms with van der Waals surface area (Å²) in [6.45, 7) is -1.65. The van der Waals surface area contributed by atoms with E-state index in [0.717, 1.165) is 0 Å². The molecule has 0 saturated carbocycles. The van der Waals surface area contributed by atoms with Crippen molar-refractivity contribution in [3.63, 3.8) is 0 Å². The number of hydrogen-bond acceptors (Lipinski definition) is 12. The van der Waals surface area contributed by atoms with Crippen LogP contribution in [0.25, 0.3) is 0 Å². The number of nitrogens with one attached hydrogen (secondary N) is 3. The van der Waals surface area contributed by atoms with E-state index >= 15 is 0 Å². The minimum atomic E-state index is -4.12. The summed E-state index contributed by atoms with van der Waals surface area (Å²) in [5.74, 6) is -4.18. The fraction of sp³-hybridized carbons (Fsp3) is 0.667. The molecule has 0 radical (unpaired) electrons. The van der Waals surface area contributed by atoms with Gasteiger partial charge in [-0.25, -0.2) is 0 Å². The molecule has 0 spiro atoms. The zero-order chi connectivity index (χ0) is 24.6. The number of rotatable bonds is 12. The maximum atomic E-state index is 10.0. The summed E-state index contributed by atoms with van der Waals surface area (Å²) in [5.41, 5.74) is 0. The standard InChI is InChI=1S/3C3H8NO5P.3Na/c3*5-3(6)1-4-2-10(7,8)9;;;/h3*4H,1-2H2,(H,5,6)(H2,7,8,9);;;/q;;;3*+1/p-3. The summed E-state index contributed by atoms with van der Waals surface area (Å²) in [6, 6.07) is 0. The van der Waals surface area contributed by atoms with Crippen LogP contribution in [0.5, 0.6) is 0 Å². The number of carbonyl (C=O) groups excluding carboxylic acids is 3. The van der Waals surface area contributed by atoms with Gasteiger partial charge in [-0.2, -0.15) is 0 Å². The Labute approximate surface area is 254 Å². The molecule has 180 valence electrons. The first-order valence-corrected chi connectivity index (χ1v) is 12.5. The number of carbonyl (C=O) groups is 3. The van der Waals surface area contributed by atoms with E-state index in [9.17, 15) is 43.4 Å². The van der Waals surface area contributed by atoms with Crippen molar-refractivity contribution in [2.75, 3.05) is 38.5 Å². The van der Waals surface area contributed by atoms with Gasteiger partial charge in [0, 0.05) is 19.6 Å². The van der Waals surface area contributed by atoms with Gasteiger partial charge in [0.25, 0.3) is 0 Å². The molecule has 0 aliphatic carbocycles. The fourth-order valence-electron chi connectivity index (χ4n) is 0.911. The Kier molecular flexibility index (Phi) is 36.8. The molecule has 0 heterocycles. The van der Waals surface area contributed by atoms with Crippen LogP contribution in [0, 0.1) is 0 Å². The maximum absolute atomic E-state index is 10.0. The van der Waals surface area contributed by atoms with Gasteiger partial charge in [0.05, 0.1) is 36.8 Å². The Balaban J connectivity index is -0.0000000792. The largest absolute Gasteiger partial charge is 1.00 e. The van der Waals surface area contributed by atoms with E-state index in [0.29, 0.717) is 0 Å². The van der Waals surface area contributed by atoms with E-state index in [-0.39, 0.29) is 88.7 Å². The van der Waals surface area contributed by atoms with Gasteiger partial charge in [0.15, 0.2) is 0 Å². The molecule has 0 aromatic carbocycles. The van der Waals surface area contributed by atoms with Crippen LogP contribution in [-0.4, -0.2) is 85.8 Å². The average Bonchev–Trinajstić information content (AvgIpc) is 2.42. The van der Waals surface area contributed by atoms with Crippen molar-refractivity contribution in [2.24, 2.45) is 0 Å². The van der Waals surface area contributed by atoms with Crippen molar-refractivity contribution >= 4 is 40.7 Å². The molecule has 0 aromatic heterocycles. The van der Waals surface area contributed by atoms with Gasteiger partial charge >= 0.3 is 111 Å². The zero-order valence-corrected chi connectivity index (χ0v) is 26.6. The topological polar surface area (TPSA) is 329 Å². The Hall–Kier alpha value is 1.74. The molecule has 33 heavy (non-hydrogen) atoms. The van der Waals surface area contributed by atoms with Crippen LogP contribution in [0.3, 0.4) is 0 Å². The molecular weight excluding hydrogens is 552 g/mol. The zero-order valence-electron chi connectivity index (χ0n) is 17.9. The van der Waals surface area contributed by atoms with Crippen molar-refractivity contribution in [2.45, 2.75) is 0 Å². The van der Waals surface area contributed by atoms with Gasteiger partial charge < -0.3 is 75.0 Å². The molecule has 0 aromatic rings. The molecule has 0 aliphatic rings. The summed E-state index contributed by atoms with van der Waals surface area (Å²) >= 11 is 0. The Morgan fingerprint density at radius 1 is 0.515 bits per heavy atom. The van der Waals surface area contributed by atoms with Crippen molar-refractivity contribution in [3.8, 4) is 0 Å². The number of carboxylic acids is 3. The monoisotopic (exact) mass is 573 g/mol. The van der Waals surface area contributed by atoms with Gasteiger partial charge in [-0.3, -0.25) is 13.7 Å². The first kappa shape index (κ1) is 47.9. The van der Waals surface area contributed by atoms with Crippen LogP contribution >= 0.6 is 22.8 Å². The fourth-order valence-corrected chi connectivity index (χ4v) is 2.12. The molecule has 0 saturated heterocycles. The van der Waals surface area contributed by atoms with E-state index in [1.807, 2.05) is 16.0 Å². The van der Waals surface area contributed by atoms with Crippen molar-refractivity contribution in [1.82, 2.24) is 16.0 Å². The van der Waals surface area contributed by atoms with Gasteiger partial charge in [-0.15, -0.1) is 0 Å². The van der Waals surface area contributed by atoms with Crippen molar-refractivity contribution in [1.29, 1.82) is 0 Å². The molecule has 0 unspecified atom stereocenters. The molecule has 0 atom stereocenters. The number of aliphatic carboxylic acids is 3. The molecule has 9 N–H and O–H groups in total. The first-order chi connectivity index (χ1) is 13.2. The van der Waals surface area contributed by atoms with E-state index in [4.69, 9.17) is 29.4 Å². The van der Waals surface area contributed by atoms with E-state index < -0.39 is 79.2 Å². The van der Waals surface area contributed by atoms with E-state index in [1.165, 1.54) is 0 Å². The summed E-state index contributed by atoms with van der Waals surface area (Å²) in [4.78, 5) is 78.0. The smallest absolute Gasteiger partial charge is 0.549 e. The SMILES string of the molecule is O=C([O-])CNCP(=O)(O)O.O=C([O-])CNCP(=O)(O)O.O=C([O-])CNCP(=O)(O)O.[Na+].[Na+].[Na+]. The predicted octanol–water partition coefficient (Wildman–Crippen LogP) is -16.6. The van der Waals surface area contributed by atoms with Gasteiger partial charge in [0.2, 0.25) is 0 Å². The molecule has 0 amide bonds. The molecular formula is C9H21N3Na3O15P3. The Bertz CT molecular complexity index is 592. The Morgan fingerprint density at radius 2 is 0.667 bits per heavy atom. The van der Waals surface area contributed by atoms with Crippen LogP contribution in [0.2, 0.25) is 0 Å². The minimum absolute atomic E-state index is 0. The summed E-state index contributed by atoms with van der Waals surface area (Å²) in [7, 11) is -12.4. The average molecular weight is 573 g/mol. The number of hydrogen-bond donors (Lipinski definition) is 9. The molecule has 0 fully saturated rings. The third-order valence-corrected chi connectivity index (χ3v) is 3.67. The summed E-state index contributed by atoms with van der Waals surface area (Å²) in [6.07, 6.45) is -1.91. The van der Waals surface area contributed by atoms with Gasteiger partial charge in [0.1, 0.15) is 0 Å². The third-order valence-electron chi connectivity index (χ3n) is 1.76. The second-order valence-electron chi connectivity index (χ2n) is 4.86. The van der Waals surface area contributed by atoms with Crippen molar-refractivity contribution < 1.29 is 161 Å². The quantitative estimate of drug-likeness (QED) is 0.0772. The third kappa shape index (κ3) is 65.7. The van der Waals surface area contributed by atoms with Crippen molar-refractivity contribution in [3.05, 3.63) is 0 Å².